The molecule has 4 atom stereocenters. The molecule has 0 N–H and O–H groups in total. The average Bonchev–Trinajstić information content (AvgIpc) is 3.18. The van der Waals surface area contributed by atoms with Crippen LogP contribution < -0.4 is 0 Å². The van der Waals surface area contributed by atoms with Crippen molar-refractivity contribution in [1.82, 2.24) is 15.0 Å². The number of rotatable bonds is 4. The molecule has 0 radical (unpaired) electrons. The Bertz CT molecular complexity index is 893. The predicted molar refractivity (Wildman–Crippen MR) is 117 cm³/mol. The third kappa shape index (κ3) is 3.37. The number of likely N-dealkylation sites (tertiary alicyclic amines) is 1. The Kier molecular flexibility index (Phi) is 5.40. The SMILES string of the molecule is CCC[C@H]1[C@H]2C[C@H](CN(C(=O)c3c(-c4ccccc4)noc3C)C2)[C@@H]2CCCCN21. The van der Waals surface area contributed by atoms with Crippen molar-refractivity contribution >= 4 is 5.91 Å². The van der Waals surface area contributed by atoms with Crippen LogP contribution in [0.1, 0.15) is 61.6 Å². The predicted octanol–water partition coefficient (Wildman–Crippen LogP) is 4.77. The molecule has 0 spiro atoms. The normalized spacial score (nSPS) is 28.9. The monoisotopic (exact) mass is 407 g/mol. The molecule has 30 heavy (non-hydrogen) atoms. The Morgan fingerprint density at radius 1 is 1.17 bits per heavy atom. The minimum atomic E-state index is 0.0989. The molecule has 0 aliphatic carbocycles. The van der Waals surface area contributed by atoms with Crippen molar-refractivity contribution in [2.45, 2.75) is 64.5 Å². The maximum atomic E-state index is 13.7. The molecule has 1 aromatic carbocycles. The number of hydrogen-bond donors (Lipinski definition) is 0. The van der Waals surface area contributed by atoms with Crippen LogP contribution in [0.2, 0.25) is 0 Å². The van der Waals surface area contributed by atoms with Crippen LogP contribution >= 0.6 is 0 Å². The number of piperidine rings is 3. The van der Waals surface area contributed by atoms with E-state index in [0.29, 0.717) is 40.9 Å². The van der Waals surface area contributed by atoms with Gasteiger partial charge in [0, 0.05) is 30.7 Å². The lowest BCUT2D eigenvalue weighted by molar-refractivity contribution is -0.0671. The number of amides is 1. The maximum Gasteiger partial charge on any atom is 0.259 e. The van der Waals surface area contributed by atoms with Gasteiger partial charge in [-0.05, 0) is 51.0 Å². The van der Waals surface area contributed by atoms with Crippen molar-refractivity contribution in [1.29, 1.82) is 0 Å². The van der Waals surface area contributed by atoms with E-state index in [-0.39, 0.29) is 5.91 Å². The first-order valence-electron chi connectivity index (χ1n) is 11.7. The van der Waals surface area contributed by atoms with E-state index >= 15 is 0 Å². The maximum absolute atomic E-state index is 13.7. The first-order valence-corrected chi connectivity index (χ1v) is 11.7. The summed E-state index contributed by atoms with van der Waals surface area (Å²) in [5.74, 6) is 1.91. The Balaban J connectivity index is 1.44. The number of carbonyl (C=O) groups excluding carboxylic acids is 1. The van der Waals surface area contributed by atoms with E-state index in [1.807, 2.05) is 37.3 Å². The molecule has 0 unspecified atom stereocenters. The van der Waals surface area contributed by atoms with Crippen LogP contribution in [0.3, 0.4) is 0 Å². The van der Waals surface area contributed by atoms with E-state index in [0.717, 1.165) is 18.7 Å². The summed E-state index contributed by atoms with van der Waals surface area (Å²) in [5, 5.41) is 4.25. The van der Waals surface area contributed by atoms with Crippen LogP contribution in [-0.4, -0.2) is 52.6 Å². The summed E-state index contributed by atoms with van der Waals surface area (Å²) in [6.07, 6.45) is 7.70. The molecule has 1 aromatic heterocycles. The Hall–Kier alpha value is -2.14. The second kappa shape index (κ2) is 8.18. The molecule has 3 aliphatic rings. The van der Waals surface area contributed by atoms with Gasteiger partial charge in [-0.1, -0.05) is 55.3 Å². The molecule has 3 aliphatic heterocycles. The molecular weight excluding hydrogens is 374 g/mol. The molecule has 2 bridgehead atoms. The van der Waals surface area contributed by atoms with E-state index in [1.54, 1.807) is 0 Å². The van der Waals surface area contributed by atoms with Crippen LogP contribution in [0, 0.1) is 18.8 Å². The Morgan fingerprint density at radius 2 is 1.97 bits per heavy atom. The van der Waals surface area contributed by atoms with E-state index < -0.39 is 0 Å². The molecule has 160 valence electrons. The third-order valence-electron chi connectivity index (χ3n) is 7.62. The van der Waals surface area contributed by atoms with Gasteiger partial charge in [-0.15, -0.1) is 0 Å². The van der Waals surface area contributed by atoms with Gasteiger partial charge in [0.2, 0.25) is 0 Å². The smallest absolute Gasteiger partial charge is 0.259 e. The number of carbonyl (C=O) groups is 1. The van der Waals surface area contributed by atoms with Gasteiger partial charge in [-0.25, -0.2) is 0 Å². The molecule has 3 saturated heterocycles. The third-order valence-corrected chi connectivity index (χ3v) is 7.62. The first kappa shape index (κ1) is 19.8. The molecule has 1 amide bonds. The van der Waals surface area contributed by atoms with Crippen molar-refractivity contribution in [2.75, 3.05) is 19.6 Å². The summed E-state index contributed by atoms with van der Waals surface area (Å²) in [6, 6.07) is 11.2. The van der Waals surface area contributed by atoms with Gasteiger partial charge in [0.05, 0.1) is 0 Å². The summed E-state index contributed by atoms with van der Waals surface area (Å²) >= 11 is 0. The number of fused-ring (bicyclic) bond motifs is 4. The van der Waals surface area contributed by atoms with Gasteiger partial charge in [0.15, 0.2) is 0 Å². The van der Waals surface area contributed by atoms with Crippen molar-refractivity contribution in [2.24, 2.45) is 11.8 Å². The molecule has 0 saturated carbocycles. The summed E-state index contributed by atoms with van der Waals surface area (Å²) in [4.78, 5) is 18.7. The van der Waals surface area contributed by atoms with Crippen molar-refractivity contribution in [3.8, 4) is 11.3 Å². The average molecular weight is 408 g/mol. The summed E-state index contributed by atoms with van der Waals surface area (Å²) in [6.45, 7) is 7.14. The highest BCUT2D eigenvalue weighted by molar-refractivity contribution is 6.00. The number of aryl methyl sites for hydroxylation is 1. The van der Waals surface area contributed by atoms with Crippen LogP contribution in [0.5, 0.6) is 0 Å². The largest absolute Gasteiger partial charge is 0.360 e. The van der Waals surface area contributed by atoms with Crippen LogP contribution in [0.15, 0.2) is 34.9 Å². The van der Waals surface area contributed by atoms with E-state index in [2.05, 4.69) is 21.9 Å². The standard InChI is InChI=1S/C25H33N3O2/c1-3-9-21-19-14-20(22-12-7-8-13-28(21)22)16-27(15-19)25(29)23-17(2)30-26-24(23)18-10-5-4-6-11-18/h4-6,10-11,19-22H,3,7-9,12-16H2,1-2H3/t19-,20+,21-,22-/m0/s1. The quantitative estimate of drug-likeness (QED) is 0.733. The number of nitrogens with zero attached hydrogens (tertiary/aromatic N) is 3. The topological polar surface area (TPSA) is 49.6 Å². The molecule has 2 aromatic rings. The molecule has 5 heteroatoms. The van der Waals surface area contributed by atoms with Gasteiger partial charge in [0.25, 0.3) is 5.91 Å². The zero-order valence-corrected chi connectivity index (χ0v) is 18.2. The molecule has 4 heterocycles. The fourth-order valence-corrected chi connectivity index (χ4v) is 6.34. The zero-order valence-electron chi connectivity index (χ0n) is 18.2. The number of aromatic nitrogens is 1. The van der Waals surface area contributed by atoms with Gasteiger partial charge in [-0.3, -0.25) is 9.69 Å². The fourth-order valence-electron chi connectivity index (χ4n) is 6.34. The second-order valence-electron chi connectivity index (χ2n) is 9.45. The van der Waals surface area contributed by atoms with Gasteiger partial charge >= 0.3 is 0 Å². The Labute approximate surface area is 179 Å². The van der Waals surface area contributed by atoms with Crippen LogP contribution in [0.25, 0.3) is 11.3 Å². The lowest BCUT2D eigenvalue weighted by Gasteiger charge is -2.57. The lowest BCUT2D eigenvalue weighted by atomic mass is 9.71. The van der Waals surface area contributed by atoms with E-state index in [1.165, 1.54) is 45.1 Å². The summed E-state index contributed by atoms with van der Waals surface area (Å²) in [7, 11) is 0. The molecule has 5 rings (SSSR count). The number of benzene rings is 1. The molecule has 3 fully saturated rings. The minimum Gasteiger partial charge on any atom is -0.360 e. The highest BCUT2D eigenvalue weighted by atomic mass is 16.5. The summed E-state index contributed by atoms with van der Waals surface area (Å²) < 4.78 is 5.50. The minimum absolute atomic E-state index is 0.0989. The highest BCUT2D eigenvalue weighted by Gasteiger charge is 2.47. The fraction of sp³-hybridized carbons (Fsp3) is 0.600. The van der Waals surface area contributed by atoms with Crippen LogP contribution in [-0.2, 0) is 0 Å². The van der Waals surface area contributed by atoms with Crippen molar-refractivity contribution < 1.29 is 9.32 Å². The van der Waals surface area contributed by atoms with Gasteiger partial charge in [0.1, 0.15) is 17.0 Å². The van der Waals surface area contributed by atoms with E-state index in [9.17, 15) is 4.79 Å². The number of hydrogen-bond acceptors (Lipinski definition) is 4. The molecular formula is C25H33N3O2. The first-order chi connectivity index (χ1) is 14.7. The molecule has 5 nitrogen and oxygen atoms in total. The van der Waals surface area contributed by atoms with Crippen LogP contribution in [0.4, 0.5) is 0 Å². The summed E-state index contributed by atoms with van der Waals surface area (Å²) in [5.41, 5.74) is 2.27. The highest BCUT2D eigenvalue weighted by Crippen LogP contribution is 2.43. The van der Waals surface area contributed by atoms with Gasteiger partial charge < -0.3 is 9.42 Å². The second-order valence-corrected chi connectivity index (χ2v) is 9.45. The lowest BCUT2D eigenvalue weighted by Crippen LogP contribution is -2.64. The van der Waals surface area contributed by atoms with E-state index in [4.69, 9.17) is 4.52 Å². The van der Waals surface area contributed by atoms with Crippen molar-refractivity contribution in [3.63, 3.8) is 0 Å². The zero-order chi connectivity index (χ0) is 20.7. The van der Waals surface area contributed by atoms with Crippen molar-refractivity contribution in [3.05, 3.63) is 41.7 Å². The Morgan fingerprint density at radius 3 is 2.77 bits per heavy atom. The van der Waals surface area contributed by atoms with Gasteiger partial charge in [-0.2, -0.15) is 0 Å².